The second kappa shape index (κ2) is 13.7. The van der Waals surface area contributed by atoms with Crippen molar-refractivity contribution in [1.82, 2.24) is 10.6 Å². The first-order valence-electron chi connectivity index (χ1n) is 16.5. The molecule has 8 nitrogen and oxygen atoms in total. The lowest BCUT2D eigenvalue weighted by molar-refractivity contribution is -1.13. The van der Waals surface area contributed by atoms with E-state index in [1.165, 1.54) is 0 Å². The molecule has 4 N–H and O–H groups in total. The van der Waals surface area contributed by atoms with Gasteiger partial charge in [-0.25, -0.2) is 10.4 Å². The molecular formula is C37H46N4O4+2. The molecule has 0 radical (unpaired) electrons. The Morgan fingerprint density at radius 3 is 1.47 bits per heavy atom. The maximum absolute atomic E-state index is 13.4. The number of hydroxylamine groups is 6. The summed E-state index contributed by atoms with van der Waals surface area (Å²) < 4.78 is -0.634. The minimum atomic E-state index is -0.547. The molecule has 0 aromatic heterocycles. The molecule has 0 spiro atoms. The molecule has 0 aliphatic carbocycles. The van der Waals surface area contributed by atoms with Gasteiger partial charge >= 0.3 is 0 Å². The SMILES string of the molecule is O=C(NCc1ccc2ccccc2c1)[C@@H]1CCCC[N+]1(O)CCC[N+]1(O)CCCC[C@H]1C(=O)NCc1ccc2ccccc2c1. The molecule has 8 heteroatoms. The molecule has 2 saturated heterocycles. The second-order valence-electron chi connectivity index (χ2n) is 13.0. The summed E-state index contributed by atoms with van der Waals surface area (Å²) in [5.41, 5.74) is 2.05. The van der Waals surface area contributed by atoms with Crippen LogP contribution in [0.1, 0.15) is 56.1 Å². The maximum atomic E-state index is 13.4. The van der Waals surface area contributed by atoms with Gasteiger partial charge in [0.15, 0.2) is 12.1 Å². The van der Waals surface area contributed by atoms with Gasteiger partial charge < -0.3 is 10.6 Å². The topological polar surface area (TPSA) is 98.7 Å². The van der Waals surface area contributed by atoms with Crippen LogP contribution in [0, 0.1) is 0 Å². The zero-order valence-corrected chi connectivity index (χ0v) is 26.0. The number of rotatable bonds is 10. The minimum Gasteiger partial charge on any atom is -0.347 e. The number of carbonyl (C=O) groups excluding carboxylic acids is 2. The summed E-state index contributed by atoms with van der Waals surface area (Å²) in [4.78, 5) is 26.8. The highest BCUT2D eigenvalue weighted by Gasteiger charge is 2.47. The van der Waals surface area contributed by atoms with Gasteiger partial charge in [-0.1, -0.05) is 72.8 Å². The highest BCUT2D eigenvalue weighted by atomic mass is 16.6. The second-order valence-corrected chi connectivity index (χ2v) is 13.0. The molecule has 0 saturated carbocycles. The maximum Gasteiger partial charge on any atom is 0.281 e. The van der Waals surface area contributed by atoms with Gasteiger partial charge in [0.1, 0.15) is 26.2 Å². The lowest BCUT2D eigenvalue weighted by Crippen LogP contribution is -2.64. The molecule has 2 aliphatic rings. The summed E-state index contributed by atoms with van der Waals surface area (Å²) in [5, 5.41) is 34.2. The number of nitrogens with zero attached hydrogens (tertiary/aromatic N) is 2. The van der Waals surface area contributed by atoms with Crippen LogP contribution in [-0.2, 0) is 22.7 Å². The van der Waals surface area contributed by atoms with E-state index in [1.54, 1.807) is 0 Å². The molecule has 2 fully saturated rings. The zero-order chi connectivity index (χ0) is 31.3. The van der Waals surface area contributed by atoms with E-state index in [0.717, 1.165) is 58.4 Å². The predicted octanol–water partition coefficient (Wildman–Crippen LogP) is 5.83. The van der Waals surface area contributed by atoms with Crippen LogP contribution in [0.3, 0.4) is 0 Å². The fraction of sp³-hybridized carbons (Fsp3) is 0.405. The summed E-state index contributed by atoms with van der Waals surface area (Å²) in [6, 6.07) is 27.6. The average molecular weight is 611 g/mol. The summed E-state index contributed by atoms with van der Waals surface area (Å²) in [6.07, 6.45) is 5.25. The third kappa shape index (κ3) is 7.20. The first-order chi connectivity index (χ1) is 21.8. The highest BCUT2D eigenvalue weighted by molar-refractivity contribution is 5.85. The number of nitrogens with one attached hydrogen (secondary N) is 2. The number of amides is 2. The Morgan fingerprint density at radius 1 is 0.600 bits per heavy atom. The molecule has 0 bridgehead atoms. The number of hydrogen-bond acceptors (Lipinski definition) is 4. The fourth-order valence-corrected chi connectivity index (χ4v) is 7.40. The molecule has 2 heterocycles. The van der Waals surface area contributed by atoms with Crippen molar-refractivity contribution in [2.24, 2.45) is 0 Å². The first kappa shape index (κ1) is 31.2. The molecule has 45 heavy (non-hydrogen) atoms. The Morgan fingerprint density at radius 2 is 1.02 bits per heavy atom. The van der Waals surface area contributed by atoms with Crippen LogP contribution in [-0.4, -0.2) is 69.8 Å². The van der Waals surface area contributed by atoms with Gasteiger partial charge in [-0.05, 0) is 70.5 Å². The molecule has 2 unspecified atom stereocenters. The number of fused-ring (bicyclic) bond motifs is 2. The van der Waals surface area contributed by atoms with Crippen molar-refractivity contribution >= 4 is 33.4 Å². The van der Waals surface area contributed by atoms with Crippen molar-refractivity contribution in [2.75, 3.05) is 26.2 Å². The summed E-state index contributed by atoms with van der Waals surface area (Å²) >= 11 is 0. The van der Waals surface area contributed by atoms with Crippen LogP contribution in [0.2, 0.25) is 0 Å². The quantitative estimate of drug-likeness (QED) is 0.170. The average Bonchev–Trinajstić information content (AvgIpc) is 3.06. The van der Waals surface area contributed by atoms with Crippen molar-refractivity contribution in [3.8, 4) is 0 Å². The lowest BCUT2D eigenvalue weighted by Gasteiger charge is -2.42. The van der Waals surface area contributed by atoms with Gasteiger partial charge in [0, 0.05) is 25.9 Å². The van der Waals surface area contributed by atoms with E-state index in [4.69, 9.17) is 0 Å². The van der Waals surface area contributed by atoms with Gasteiger partial charge in [0.2, 0.25) is 0 Å². The molecule has 4 atom stereocenters. The zero-order valence-electron chi connectivity index (χ0n) is 26.0. The third-order valence-electron chi connectivity index (χ3n) is 9.96. The standard InChI is InChI=1S/C37H44N4O4/c42-36(38-26-28-16-18-30-10-1-3-12-32(30)24-28)34-14-5-7-20-40(34,44)22-9-23-41(45)21-8-6-15-35(41)37(43)39-27-29-17-19-31-11-2-4-13-33(31)25-29/h1-4,10-13,16-19,24-25,34-35,44-45H,5-9,14-15,20-23,26-27H2/p+2/t34-,35-,40?,41?/m0/s1. The van der Waals surface area contributed by atoms with Crippen molar-refractivity contribution in [2.45, 2.75) is 70.1 Å². The Bertz CT molecular complexity index is 1540. The lowest BCUT2D eigenvalue weighted by atomic mass is 9.98. The van der Waals surface area contributed by atoms with Crippen molar-refractivity contribution in [1.29, 1.82) is 0 Å². The van der Waals surface area contributed by atoms with E-state index in [-0.39, 0.29) is 21.1 Å². The number of likely N-dealkylation sites (tertiary alicyclic amines) is 2. The molecule has 6 rings (SSSR count). The number of carbonyl (C=O) groups is 2. The van der Waals surface area contributed by atoms with Crippen LogP contribution in [0.25, 0.3) is 21.5 Å². The summed E-state index contributed by atoms with van der Waals surface area (Å²) in [7, 11) is 0. The van der Waals surface area contributed by atoms with E-state index in [1.807, 2.05) is 36.4 Å². The minimum absolute atomic E-state index is 0.137. The predicted molar refractivity (Wildman–Crippen MR) is 175 cm³/mol. The largest absolute Gasteiger partial charge is 0.347 e. The third-order valence-corrected chi connectivity index (χ3v) is 9.96. The Kier molecular flexibility index (Phi) is 9.47. The van der Waals surface area contributed by atoms with Gasteiger partial charge in [-0.3, -0.25) is 9.59 Å². The van der Waals surface area contributed by atoms with Crippen molar-refractivity contribution < 1.29 is 29.3 Å². The van der Waals surface area contributed by atoms with Gasteiger partial charge in [-0.2, -0.15) is 9.29 Å². The number of hydrogen-bond donors (Lipinski definition) is 4. The highest BCUT2D eigenvalue weighted by Crippen LogP contribution is 2.28. The van der Waals surface area contributed by atoms with Gasteiger partial charge in [-0.15, -0.1) is 0 Å². The van der Waals surface area contributed by atoms with E-state index < -0.39 is 12.1 Å². The van der Waals surface area contributed by atoms with Gasteiger partial charge in [0.25, 0.3) is 11.8 Å². The smallest absolute Gasteiger partial charge is 0.281 e. The van der Waals surface area contributed by atoms with Crippen LogP contribution >= 0.6 is 0 Å². The van der Waals surface area contributed by atoms with Crippen molar-refractivity contribution in [3.63, 3.8) is 0 Å². The number of piperidine rings is 2. The molecule has 4 aromatic carbocycles. The number of benzene rings is 4. The summed E-state index contributed by atoms with van der Waals surface area (Å²) in [5.74, 6) is -0.274. The van der Waals surface area contributed by atoms with E-state index >= 15 is 0 Å². The van der Waals surface area contributed by atoms with E-state index in [9.17, 15) is 20.0 Å². The Labute approximate surface area is 265 Å². The fourth-order valence-electron chi connectivity index (χ4n) is 7.40. The molecule has 4 aromatic rings. The molecule has 236 valence electrons. The van der Waals surface area contributed by atoms with E-state index in [2.05, 4.69) is 59.2 Å². The molecular weight excluding hydrogens is 564 g/mol. The van der Waals surface area contributed by atoms with Gasteiger partial charge in [0.05, 0.1) is 6.42 Å². The number of quaternary nitrogens is 2. The van der Waals surface area contributed by atoms with Crippen LogP contribution in [0.5, 0.6) is 0 Å². The van der Waals surface area contributed by atoms with Crippen LogP contribution in [0.4, 0.5) is 0 Å². The summed E-state index contributed by atoms with van der Waals surface area (Å²) in [6.45, 7) is 2.56. The Balaban J connectivity index is 1.04. The molecule has 2 amide bonds. The normalized spacial score (nSPS) is 25.2. The monoisotopic (exact) mass is 610 g/mol. The van der Waals surface area contributed by atoms with Crippen LogP contribution < -0.4 is 10.6 Å². The Hall–Kier alpha value is -3.82. The first-order valence-corrected chi connectivity index (χ1v) is 16.5. The van der Waals surface area contributed by atoms with Crippen LogP contribution in [0.15, 0.2) is 84.9 Å². The molecule has 2 aliphatic heterocycles. The van der Waals surface area contributed by atoms with E-state index in [0.29, 0.717) is 58.5 Å². The van der Waals surface area contributed by atoms with Crippen molar-refractivity contribution in [3.05, 3.63) is 96.1 Å².